The molecule has 0 aliphatic rings. The molecule has 0 bridgehead atoms. The molecule has 92 valence electrons. The molecule has 0 unspecified atom stereocenters. The summed E-state index contributed by atoms with van der Waals surface area (Å²) in [5.41, 5.74) is 4.65. The number of aromatic nitrogens is 1. The Morgan fingerprint density at radius 3 is 2.82 bits per heavy atom. The summed E-state index contributed by atoms with van der Waals surface area (Å²) >= 11 is 0.126. The standard InChI is InChI=1S/C9H8F2N2O3S/c10-9(11)17-7-5(2-1-3-13-7)8(15)16-4-6(12)14/h1-3,9H,4H2,(H2,12,14). The lowest BCUT2D eigenvalue weighted by Gasteiger charge is -2.06. The van der Waals surface area contributed by atoms with Gasteiger partial charge in [-0.25, -0.2) is 9.78 Å². The number of carbonyl (C=O) groups excluding carboxylic acids is 2. The monoisotopic (exact) mass is 262 g/mol. The van der Waals surface area contributed by atoms with Crippen LogP contribution in [0, 0.1) is 0 Å². The Balaban J connectivity index is 2.81. The smallest absolute Gasteiger partial charge is 0.341 e. The van der Waals surface area contributed by atoms with Gasteiger partial charge < -0.3 is 10.5 Å². The van der Waals surface area contributed by atoms with Crippen LogP contribution in [0.2, 0.25) is 0 Å². The Hall–Kier alpha value is -1.70. The highest BCUT2D eigenvalue weighted by Crippen LogP contribution is 2.26. The highest BCUT2D eigenvalue weighted by Gasteiger charge is 2.18. The van der Waals surface area contributed by atoms with Crippen molar-refractivity contribution in [1.82, 2.24) is 4.98 Å². The Labute approximate surface area is 99.3 Å². The lowest BCUT2D eigenvalue weighted by Crippen LogP contribution is -2.21. The van der Waals surface area contributed by atoms with E-state index in [2.05, 4.69) is 9.72 Å². The molecule has 1 aromatic rings. The van der Waals surface area contributed by atoms with Crippen molar-refractivity contribution in [2.24, 2.45) is 5.73 Å². The number of pyridine rings is 1. The zero-order valence-corrected chi connectivity index (χ0v) is 9.25. The van der Waals surface area contributed by atoms with Crippen molar-refractivity contribution in [3.8, 4) is 0 Å². The maximum Gasteiger partial charge on any atom is 0.341 e. The van der Waals surface area contributed by atoms with Crippen LogP contribution >= 0.6 is 11.8 Å². The van der Waals surface area contributed by atoms with Gasteiger partial charge in [0.15, 0.2) is 6.61 Å². The van der Waals surface area contributed by atoms with Crippen molar-refractivity contribution in [2.75, 3.05) is 6.61 Å². The zero-order valence-electron chi connectivity index (χ0n) is 8.43. The fourth-order valence-electron chi connectivity index (χ4n) is 0.939. The van der Waals surface area contributed by atoms with Gasteiger partial charge in [-0.2, -0.15) is 8.78 Å². The molecule has 1 heterocycles. The highest BCUT2D eigenvalue weighted by molar-refractivity contribution is 7.99. The number of hydrogen-bond donors (Lipinski definition) is 1. The quantitative estimate of drug-likeness (QED) is 0.633. The van der Waals surface area contributed by atoms with E-state index in [1.165, 1.54) is 18.3 Å². The normalized spacial score (nSPS) is 10.3. The third kappa shape index (κ3) is 4.35. The molecule has 0 aliphatic carbocycles. The first-order valence-corrected chi connectivity index (χ1v) is 5.24. The van der Waals surface area contributed by atoms with Gasteiger partial charge in [0.2, 0.25) is 0 Å². The molecule has 0 spiro atoms. The number of ether oxygens (including phenoxy) is 1. The van der Waals surface area contributed by atoms with Gasteiger partial charge in [-0.1, -0.05) is 0 Å². The van der Waals surface area contributed by atoms with Crippen LogP contribution in [0.5, 0.6) is 0 Å². The molecule has 0 radical (unpaired) electrons. The molecular weight excluding hydrogens is 254 g/mol. The number of rotatable bonds is 5. The van der Waals surface area contributed by atoms with Crippen LogP contribution in [0.3, 0.4) is 0 Å². The molecule has 0 saturated carbocycles. The van der Waals surface area contributed by atoms with Crippen molar-refractivity contribution in [1.29, 1.82) is 0 Å². The highest BCUT2D eigenvalue weighted by atomic mass is 32.2. The number of hydrogen-bond acceptors (Lipinski definition) is 5. The van der Waals surface area contributed by atoms with Gasteiger partial charge in [0.1, 0.15) is 5.03 Å². The number of amides is 1. The number of carbonyl (C=O) groups is 2. The Kier molecular flexibility index (Phi) is 4.83. The van der Waals surface area contributed by atoms with E-state index in [0.29, 0.717) is 0 Å². The second-order valence-electron chi connectivity index (χ2n) is 2.78. The van der Waals surface area contributed by atoms with Gasteiger partial charge in [0.25, 0.3) is 11.7 Å². The fraction of sp³-hybridized carbons (Fsp3) is 0.222. The lowest BCUT2D eigenvalue weighted by molar-refractivity contribution is -0.121. The minimum absolute atomic E-state index is 0.126. The molecule has 0 atom stereocenters. The first kappa shape index (κ1) is 13.4. The Morgan fingerprint density at radius 1 is 1.53 bits per heavy atom. The molecule has 8 heteroatoms. The molecule has 0 saturated heterocycles. The molecule has 1 rings (SSSR count). The van der Waals surface area contributed by atoms with E-state index in [-0.39, 0.29) is 22.4 Å². The summed E-state index contributed by atoms with van der Waals surface area (Å²) in [5, 5.41) is -0.156. The molecule has 2 N–H and O–H groups in total. The van der Waals surface area contributed by atoms with E-state index in [4.69, 9.17) is 5.73 Å². The first-order valence-electron chi connectivity index (χ1n) is 4.36. The zero-order chi connectivity index (χ0) is 12.8. The van der Waals surface area contributed by atoms with Gasteiger partial charge in [-0.05, 0) is 23.9 Å². The molecule has 0 fully saturated rings. The second-order valence-corrected chi connectivity index (χ2v) is 3.76. The van der Waals surface area contributed by atoms with Crippen LogP contribution in [0.1, 0.15) is 10.4 Å². The number of nitrogens with two attached hydrogens (primary N) is 1. The third-order valence-electron chi connectivity index (χ3n) is 1.54. The SMILES string of the molecule is NC(=O)COC(=O)c1cccnc1SC(F)F. The molecule has 17 heavy (non-hydrogen) atoms. The van der Waals surface area contributed by atoms with Crippen LogP contribution in [-0.4, -0.2) is 29.2 Å². The van der Waals surface area contributed by atoms with Gasteiger partial charge in [0, 0.05) is 6.20 Å². The average Bonchev–Trinajstić information content (AvgIpc) is 2.25. The fourth-order valence-corrected chi connectivity index (χ4v) is 1.51. The molecule has 5 nitrogen and oxygen atoms in total. The van der Waals surface area contributed by atoms with Crippen LogP contribution in [-0.2, 0) is 9.53 Å². The maximum atomic E-state index is 12.2. The third-order valence-corrected chi connectivity index (χ3v) is 2.26. The molecular formula is C9H8F2N2O3S. The van der Waals surface area contributed by atoms with E-state index in [0.717, 1.165) is 0 Å². The summed E-state index contributed by atoms with van der Waals surface area (Å²) in [4.78, 5) is 25.5. The topological polar surface area (TPSA) is 82.3 Å². The van der Waals surface area contributed by atoms with Crippen LogP contribution in [0.25, 0.3) is 0 Å². The summed E-state index contributed by atoms with van der Waals surface area (Å²) in [6.07, 6.45) is 1.27. The van der Waals surface area contributed by atoms with E-state index >= 15 is 0 Å². The average molecular weight is 262 g/mol. The van der Waals surface area contributed by atoms with Crippen molar-refractivity contribution in [3.05, 3.63) is 23.9 Å². The molecule has 0 aromatic carbocycles. The lowest BCUT2D eigenvalue weighted by atomic mass is 10.3. The Morgan fingerprint density at radius 2 is 2.24 bits per heavy atom. The summed E-state index contributed by atoms with van der Waals surface area (Å²) < 4.78 is 28.8. The number of thioether (sulfide) groups is 1. The minimum Gasteiger partial charge on any atom is -0.452 e. The number of nitrogens with zero attached hydrogens (tertiary/aromatic N) is 1. The van der Waals surface area contributed by atoms with E-state index in [1.807, 2.05) is 0 Å². The summed E-state index contributed by atoms with van der Waals surface area (Å²) in [6.45, 7) is -0.605. The molecule has 0 aliphatic heterocycles. The van der Waals surface area contributed by atoms with Crippen LogP contribution < -0.4 is 5.73 Å². The maximum absolute atomic E-state index is 12.2. The molecule has 1 aromatic heterocycles. The summed E-state index contributed by atoms with van der Waals surface area (Å²) in [5.74, 6) is -4.45. The van der Waals surface area contributed by atoms with E-state index in [1.54, 1.807) is 0 Å². The van der Waals surface area contributed by atoms with Crippen molar-refractivity contribution < 1.29 is 23.1 Å². The van der Waals surface area contributed by atoms with Gasteiger partial charge in [-0.15, -0.1) is 0 Å². The van der Waals surface area contributed by atoms with Crippen molar-refractivity contribution in [2.45, 2.75) is 10.8 Å². The minimum atomic E-state index is -2.70. The Bertz CT molecular complexity index is 428. The van der Waals surface area contributed by atoms with Crippen LogP contribution in [0.4, 0.5) is 8.78 Å². The van der Waals surface area contributed by atoms with Crippen molar-refractivity contribution >= 4 is 23.6 Å². The largest absolute Gasteiger partial charge is 0.452 e. The number of halogens is 2. The summed E-state index contributed by atoms with van der Waals surface area (Å²) in [6, 6.07) is 2.68. The van der Waals surface area contributed by atoms with Gasteiger partial charge >= 0.3 is 5.97 Å². The van der Waals surface area contributed by atoms with Gasteiger partial charge in [0.05, 0.1) is 5.56 Å². The number of esters is 1. The van der Waals surface area contributed by atoms with Crippen molar-refractivity contribution in [3.63, 3.8) is 0 Å². The summed E-state index contributed by atoms with van der Waals surface area (Å²) in [7, 11) is 0. The van der Waals surface area contributed by atoms with E-state index < -0.39 is 24.2 Å². The van der Waals surface area contributed by atoms with E-state index in [9.17, 15) is 18.4 Å². The predicted molar refractivity (Wildman–Crippen MR) is 55.6 cm³/mol. The second kappa shape index (κ2) is 6.14. The number of primary amides is 1. The van der Waals surface area contributed by atoms with Gasteiger partial charge in [-0.3, -0.25) is 4.79 Å². The molecule has 1 amide bonds. The first-order chi connectivity index (χ1) is 8.00. The predicted octanol–water partition coefficient (Wildman–Crippen LogP) is 1.04. The number of alkyl halides is 2. The van der Waals surface area contributed by atoms with Crippen LogP contribution in [0.15, 0.2) is 23.4 Å².